The molecule has 2 aliphatic heterocycles. The molecule has 10 nitrogen and oxygen atoms in total. The minimum atomic E-state index is -3.44. The minimum absolute atomic E-state index is 0.0895. The van der Waals surface area contributed by atoms with Crippen LogP contribution >= 0.6 is 11.6 Å². The van der Waals surface area contributed by atoms with E-state index in [9.17, 15) is 18.0 Å². The standard InChI is InChI=1S/C20H26ClN5O5S/c1-14-17(6-5-15(11-22)18(14)21)26-13-16-12-24(8-9-25(16)20(26)28)19(27)23-7-3-4-10-31-32(2,29)30/h5-6,16H,3-4,7-10,12-13H2,1-2H3,(H,23,27)/t16-/m0/s1. The van der Waals surface area contributed by atoms with Gasteiger partial charge in [-0.05, 0) is 37.5 Å². The van der Waals surface area contributed by atoms with Gasteiger partial charge >= 0.3 is 12.1 Å². The molecular weight excluding hydrogens is 458 g/mol. The van der Waals surface area contributed by atoms with Crippen LogP contribution in [0, 0.1) is 18.3 Å². The number of fused-ring (bicyclic) bond motifs is 1. The fraction of sp³-hybridized carbons (Fsp3) is 0.550. The summed E-state index contributed by atoms with van der Waals surface area (Å²) in [5, 5.41) is 12.3. The number of nitriles is 1. The van der Waals surface area contributed by atoms with Gasteiger partial charge in [0.1, 0.15) is 6.07 Å². The van der Waals surface area contributed by atoms with Crippen molar-refractivity contribution in [2.45, 2.75) is 25.8 Å². The number of halogens is 1. The van der Waals surface area contributed by atoms with E-state index in [2.05, 4.69) is 9.50 Å². The van der Waals surface area contributed by atoms with Crippen LogP contribution in [0.5, 0.6) is 0 Å². The second-order valence-corrected chi connectivity index (χ2v) is 9.86. The lowest BCUT2D eigenvalue weighted by molar-refractivity contribution is 0.129. The van der Waals surface area contributed by atoms with Crippen LogP contribution in [0.4, 0.5) is 15.3 Å². The predicted molar refractivity (Wildman–Crippen MR) is 119 cm³/mol. The maximum absolute atomic E-state index is 12.9. The van der Waals surface area contributed by atoms with Gasteiger partial charge in [0, 0.05) is 38.4 Å². The number of piperazine rings is 1. The summed E-state index contributed by atoms with van der Waals surface area (Å²) >= 11 is 6.27. The van der Waals surface area contributed by atoms with Gasteiger partial charge in [-0.15, -0.1) is 0 Å². The SMILES string of the molecule is Cc1c(N2C[C@@H]3CN(C(=O)NCCCCOS(C)(=O)=O)CCN3C2=O)ccc(C#N)c1Cl. The topological polar surface area (TPSA) is 123 Å². The van der Waals surface area contributed by atoms with Gasteiger partial charge in [-0.2, -0.15) is 13.7 Å². The zero-order chi connectivity index (χ0) is 23.5. The van der Waals surface area contributed by atoms with Crippen molar-refractivity contribution in [1.29, 1.82) is 5.26 Å². The molecule has 0 radical (unpaired) electrons. The molecule has 1 atom stereocenters. The van der Waals surface area contributed by atoms with Crippen LogP contribution in [-0.4, -0.2) is 81.9 Å². The monoisotopic (exact) mass is 483 g/mol. The zero-order valence-electron chi connectivity index (χ0n) is 18.0. The summed E-state index contributed by atoms with van der Waals surface area (Å²) in [7, 11) is -3.44. The van der Waals surface area contributed by atoms with Gasteiger partial charge in [-0.25, -0.2) is 9.59 Å². The summed E-state index contributed by atoms with van der Waals surface area (Å²) in [5.74, 6) is 0. The highest BCUT2D eigenvalue weighted by atomic mass is 35.5. The lowest BCUT2D eigenvalue weighted by atomic mass is 10.1. The molecule has 12 heteroatoms. The Hall–Kier alpha value is -2.55. The van der Waals surface area contributed by atoms with Gasteiger partial charge in [-0.3, -0.25) is 9.08 Å². The Balaban J connectivity index is 1.53. The van der Waals surface area contributed by atoms with Crippen molar-refractivity contribution in [3.63, 3.8) is 0 Å². The molecule has 0 aliphatic carbocycles. The van der Waals surface area contributed by atoms with Crippen molar-refractivity contribution >= 4 is 39.5 Å². The number of rotatable bonds is 7. The Morgan fingerprint density at radius 3 is 2.75 bits per heavy atom. The van der Waals surface area contributed by atoms with Crippen LogP contribution in [-0.2, 0) is 14.3 Å². The molecule has 1 aromatic carbocycles. The van der Waals surface area contributed by atoms with E-state index in [4.69, 9.17) is 16.9 Å². The fourth-order valence-corrected chi connectivity index (χ4v) is 4.51. The number of hydrogen-bond acceptors (Lipinski definition) is 6. The Morgan fingerprint density at radius 2 is 2.06 bits per heavy atom. The number of anilines is 1. The Labute approximate surface area is 192 Å². The molecule has 1 aromatic rings. The number of benzene rings is 1. The number of unbranched alkanes of at least 4 members (excludes halogenated alkanes) is 1. The molecule has 1 N–H and O–H groups in total. The molecule has 0 spiro atoms. The Bertz CT molecular complexity index is 1040. The summed E-state index contributed by atoms with van der Waals surface area (Å²) in [6.45, 7) is 3.97. The molecule has 0 unspecified atom stereocenters. The summed E-state index contributed by atoms with van der Waals surface area (Å²) in [6.07, 6.45) is 2.11. The smallest absolute Gasteiger partial charge is 0.325 e. The van der Waals surface area contributed by atoms with Crippen LogP contribution in [0.1, 0.15) is 24.0 Å². The molecule has 2 aliphatic rings. The maximum Gasteiger partial charge on any atom is 0.325 e. The number of carbonyl (C=O) groups is 2. The number of nitrogens with one attached hydrogen (secondary N) is 1. The van der Waals surface area contributed by atoms with Crippen LogP contribution in [0.15, 0.2) is 12.1 Å². The lowest BCUT2D eigenvalue weighted by Crippen LogP contribution is -2.56. The first-order valence-electron chi connectivity index (χ1n) is 10.3. The quantitative estimate of drug-likeness (QED) is 0.466. The summed E-state index contributed by atoms with van der Waals surface area (Å²) in [5.41, 5.74) is 1.71. The van der Waals surface area contributed by atoms with E-state index in [1.807, 2.05) is 6.07 Å². The molecule has 174 valence electrons. The molecule has 32 heavy (non-hydrogen) atoms. The van der Waals surface area contributed by atoms with E-state index in [-0.39, 0.29) is 24.7 Å². The molecule has 2 heterocycles. The highest BCUT2D eigenvalue weighted by molar-refractivity contribution is 7.85. The van der Waals surface area contributed by atoms with Gasteiger partial charge in [0.15, 0.2) is 0 Å². The minimum Gasteiger partial charge on any atom is -0.338 e. The molecular formula is C20H26ClN5O5S. The predicted octanol–water partition coefficient (Wildman–Crippen LogP) is 1.91. The largest absolute Gasteiger partial charge is 0.338 e. The average Bonchev–Trinajstić information content (AvgIpc) is 3.07. The van der Waals surface area contributed by atoms with Gasteiger partial charge in [0.2, 0.25) is 0 Å². The number of amides is 4. The van der Waals surface area contributed by atoms with E-state index in [0.717, 1.165) is 6.26 Å². The van der Waals surface area contributed by atoms with Crippen molar-refractivity contribution in [3.05, 3.63) is 28.3 Å². The van der Waals surface area contributed by atoms with E-state index >= 15 is 0 Å². The number of urea groups is 2. The van der Waals surface area contributed by atoms with Crippen LogP contribution in [0.3, 0.4) is 0 Å². The van der Waals surface area contributed by atoms with Gasteiger partial charge in [-0.1, -0.05) is 11.6 Å². The molecule has 0 bridgehead atoms. The molecule has 4 amide bonds. The zero-order valence-corrected chi connectivity index (χ0v) is 19.6. The van der Waals surface area contributed by atoms with Crippen LogP contribution < -0.4 is 10.2 Å². The van der Waals surface area contributed by atoms with Crippen molar-refractivity contribution in [3.8, 4) is 6.07 Å². The van der Waals surface area contributed by atoms with E-state index in [1.54, 1.807) is 33.8 Å². The first-order valence-corrected chi connectivity index (χ1v) is 12.5. The summed E-state index contributed by atoms with van der Waals surface area (Å²) in [6, 6.07) is 4.89. The molecule has 0 aromatic heterocycles. The number of hydrogen-bond donors (Lipinski definition) is 1. The molecule has 2 fully saturated rings. The molecule has 2 saturated heterocycles. The maximum atomic E-state index is 12.9. The van der Waals surface area contributed by atoms with Crippen molar-refractivity contribution in [2.75, 3.05) is 50.5 Å². The van der Waals surface area contributed by atoms with Gasteiger partial charge in [0.05, 0.1) is 29.5 Å². The third kappa shape index (κ3) is 5.43. The Morgan fingerprint density at radius 1 is 1.31 bits per heavy atom. The first kappa shape index (κ1) is 24.1. The average molecular weight is 484 g/mol. The fourth-order valence-electron chi connectivity index (χ4n) is 3.89. The highest BCUT2D eigenvalue weighted by Gasteiger charge is 2.42. The second-order valence-electron chi connectivity index (χ2n) is 7.83. The van der Waals surface area contributed by atoms with Gasteiger partial charge in [0.25, 0.3) is 10.1 Å². The van der Waals surface area contributed by atoms with Crippen LogP contribution in [0.25, 0.3) is 0 Å². The Kier molecular flexibility index (Phi) is 7.48. The third-order valence-corrected chi connectivity index (χ3v) is 6.64. The number of carbonyl (C=O) groups excluding carboxylic acids is 2. The number of nitrogens with zero attached hydrogens (tertiary/aromatic N) is 4. The van der Waals surface area contributed by atoms with Crippen molar-refractivity contribution < 1.29 is 22.2 Å². The highest BCUT2D eigenvalue weighted by Crippen LogP contribution is 2.33. The van der Waals surface area contributed by atoms with Crippen molar-refractivity contribution in [2.24, 2.45) is 0 Å². The van der Waals surface area contributed by atoms with E-state index < -0.39 is 10.1 Å². The van der Waals surface area contributed by atoms with Crippen molar-refractivity contribution in [1.82, 2.24) is 15.1 Å². The van der Waals surface area contributed by atoms with E-state index in [1.165, 1.54) is 0 Å². The van der Waals surface area contributed by atoms with Gasteiger partial charge < -0.3 is 15.1 Å². The molecule has 0 saturated carbocycles. The first-order chi connectivity index (χ1) is 15.1. The summed E-state index contributed by atoms with van der Waals surface area (Å²) < 4.78 is 26.5. The summed E-state index contributed by atoms with van der Waals surface area (Å²) in [4.78, 5) is 30.5. The second kappa shape index (κ2) is 9.94. The normalized spacial score (nSPS) is 18.5. The van der Waals surface area contributed by atoms with Crippen LogP contribution in [0.2, 0.25) is 5.02 Å². The third-order valence-electron chi connectivity index (χ3n) is 5.55. The van der Waals surface area contributed by atoms with E-state index in [0.29, 0.717) is 67.4 Å². The lowest BCUT2D eigenvalue weighted by Gasteiger charge is -2.36. The molecule has 3 rings (SSSR count).